The molecule has 0 unspecified atom stereocenters. The van der Waals surface area contributed by atoms with Gasteiger partial charge in [-0.15, -0.1) is 0 Å². The van der Waals surface area contributed by atoms with Gasteiger partial charge in [0.2, 0.25) is 0 Å². The largest absolute Gasteiger partial charge is 0.456 e. The van der Waals surface area contributed by atoms with Crippen molar-refractivity contribution >= 4 is 65.7 Å². The van der Waals surface area contributed by atoms with Gasteiger partial charge in [0, 0.05) is 43.6 Å². The molecule has 0 aliphatic rings. The minimum Gasteiger partial charge on any atom is -0.456 e. The maximum Gasteiger partial charge on any atom is 0.164 e. The number of aromatic nitrogens is 4. The smallest absolute Gasteiger partial charge is 0.164 e. The number of hydrogen-bond donors (Lipinski definition) is 0. The molecule has 6 nitrogen and oxygen atoms in total. The van der Waals surface area contributed by atoms with Crippen LogP contribution in [0.5, 0.6) is 0 Å². The second-order valence-corrected chi connectivity index (χ2v) is 17.5. The van der Waals surface area contributed by atoms with E-state index in [-0.39, 0.29) is 0 Å². The van der Waals surface area contributed by atoms with Crippen molar-refractivity contribution in [2.45, 2.75) is 0 Å². The molecule has 322 valence electrons. The molecule has 4 heterocycles. The van der Waals surface area contributed by atoms with E-state index in [0.29, 0.717) is 17.5 Å². The molecule has 0 aliphatic carbocycles. The Morgan fingerprint density at radius 1 is 0.275 bits per heavy atom. The second kappa shape index (κ2) is 15.6. The van der Waals surface area contributed by atoms with Gasteiger partial charge >= 0.3 is 0 Å². The number of fused-ring (bicyclic) bond motifs is 9. The quantitative estimate of drug-likeness (QED) is 0.159. The second-order valence-electron chi connectivity index (χ2n) is 17.5. The van der Waals surface area contributed by atoms with E-state index >= 15 is 0 Å². The molecular formula is C63H38N4O2. The van der Waals surface area contributed by atoms with Gasteiger partial charge in [0.15, 0.2) is 17.5 Å². The fourth-order valence-corrected chi connectivity index (χ4v) is 10.2. The highest BCUT2D eigenvalue weighted by atomic mass is 16.3. The van der Waals surface area contributed by atoms with Gasteiger partial charge in [-0.1, -0.05) is 170 Å². The van der Waals surface area contributed by atoms with E-state index in [0.717, 1.165) is 99.5 Å². The van der Waals surface area contributed by atoms with Crippen molar-refractivity contribution in [2.75, 3.05) is 0 Å². The molecule has 10 aromatic carbocycles. The van der Waals surface area contributed by atoms with Crippen molar-refractivity contribution in [1.82, 2.24) is 19.5 Å². The molecule has 0 atom stereocenters. The number of rotatable bonds is 7. The third-order valence-electron chi connectivity index (χ3n) is 13.5. The standard InChI is InChI=1S/C63H38N4O2/c1-4-15-39(16-5-1)41-27-29-43(30-28-41)62-64-61(42-19-8-3-9-20-42)65-63(66-62)51-37-46(38-58-59(51)48-22-11-13-25-55(48)69-58)45-32-34-56-50(36-45)60-54(24-14-26-57(60)68-56)67-52-23-12-10-21-47(52)49-35-44(31-33-53(49)67)40-17-6-2-7-18-40/h1-38H. The van der Waals surface area contributed by atoms with E-state index in [9.17, 15) is 0 Å². The molecule has 0 N–H and O–H groups in total. The van der Waals surface area contributed by atoms with Crippen LogP contribution in [0.15, 0.2) is 239 Å². The SMILES string of the molecule is c1ccc(-c2ccc(-c3nc(-c4ccccc4)nc(-c4cc(-c5ccc6oc7cccc(-n8c9ccccc9c9cc(-c%10ccccc%10)ccc98)c7c6c5)cc5oc6ccccc6c45)n3)cc2)cc1. The Labute approximate surface area is 396 Å². The molecule has 69 heavy (non-hydrogen) atoms. The minimum absolute atomic E-state index is 0.559. The van der Waals surface area contributed by atoms with Crippen LogP contribution < -0.4 is 0 Å². The Hall–Kier alpha value is -9.39. The number of benzene rings is 10. The Bertz CT molecular complexity index is 4290. The first-order valence-corrected chi connectivity index (χ1v) is 23.2. The van der Waals surface area contributed by atoms with E-state index in [1.165, 1.54) is 21.9 Å². The van der Waals surface area contributed by atoms with Gasteiger partial charge in [-0.3, -0.25) is 0 Å². The molecule has 6 heteroatoms. The fraction of sp³-hybridized carbons (Fsp3) is 0. The van der Waals surface area contributed by atoms with Gasteiger partial charge in [-0.2, -0.15) is 0 Å². The zero-order valence-electron chi connectivity index (χ0n) is 37.0. The molecule has 0 saturated heterocycles. The van der Waals surface area contributed by atoms with Gasteiger partial charge in [-0.25, -0.2) is 15.0 Å². The third kappa shape index (κ3) is 6.45. The lowest BCUT2D eigenvalue weighted by Crippen LogP contribution is -2.00. The molecule has 14 aromatic rings. The molecule has 0 saturated carbocycles. The Kier molecular flexibility index (Phi) is 8.79. The summed E-state index contributed by atoms with van der Waals surface area (Å²) in [7, 11) is 0. The average molecular weight is 883 g/mol. The normalized spacial score (nSPS) is 11.8. The molecule has 0 amide bonds. The van der Waals surface area contributed by atoms with Crippen LogP contribution in [-0.4, -0.2) is 19.5 Å². The number of hydrogen-bond acceptors (Lipinski definition) is 5. The van der Waals surface area contributed by atoms with Crippen LogP contribution in [0.4, 0.5) is 0 Å². The summed E-state index contributed by atoms with van der Waals surface area (Å²) in [6.07, 6.45) is 0. The maximum absolute atomic E-state index is 6.70. The first-order valence-electron chi connectivity index (χ1n) is 23.2. The van der Waals surface area contributed by atoms with Crippen LogP contribution >= 0.6 is 0 Å². The molecule has 14 rings (SSSR count). The van der Waals surface area contributed by atoms with E-state index in [4.69, 9.17) is 23.8 Å². The highest BCUT2D eigenvalue weighted by Crippen LogP contribution is 2.44. The lowest BCUT2D eigenvalue weighted by molar-refractivity contribution is 0.669. The van der Waals surface area contributed by atoms with Crippen molar-refractivity contribution < 1.29 is 8.83 Å². The van der Waals surface area contributed by atoms with Crippen LogP contribution in [0.1, 0.15) is 0 Å². The Morgan fingerprint density at radius 3 is 1.55 bits per heavy atom. The Morgan fingerprint density at radius 2 is 0.783 bits per heavy atom. The monoisotopic (exact) mass is 882 g/mol. The minimum atomic E-state index is 0.559. The number of nitrogens with zero attached hydrogens (tertiary/aromatic N) is 4. The summed E-state index contributed by atoms with van der Waals surface area (Å²) in [5.41, 5.74) is 15.8. The van der Waals surface area contributed by atoms with Crippen LogP contribution in [0, 0.1) is 0 Å². The lowest BCUT2D eigenvalue weighted by atomic mass is 9.97. The zero-order valence-corrected chi connectivity index (χ0v) is 37.0. The summed E-state index contributed by atoms with van der Waals surface area (Å²) < 4.78 is 15.8. The Balaban J connectivity index is 0.965. The molecule has 0 spiro atoms. The maximum atomic E-state index is 6.70. The van der Waals surface area contributed by atoms with E-state index in [2.05, 4.69) is 180 Å². The van der Waals surface area contributed by atoms with Crippen molar-refractivity contribution in [3.8, 4) is 73.2 Å². The van der Waals surface area contributed by atoms with Gasteiger partial charge < -0.3 is 13.4 Å². The third-order valence-corrected chi connectivity index (χ3v) is 13.5. The molecule has 0 aliphatic heterocycles. The summed E-state index contributed by atoms with van der Waals surface area (Å²) in [5, 5.41) is 6.40. The number of para-hydroxylation sites is 2. The van der Waals surface area contributed by atoms with Gasteiger partial charge in [0.1, 0.15) is 22.3 Å². The summed E-state index contributed by atoms with van der Waals surface area (Å²) in [6, 6.07) is 80.4. The van der Waals surface area contributed by atoms with Crippen molar-refractivity contribution in [3.05, 3.63) is 231 Å². The first kappa shape index (κ1) is 38.8. The van der Waals surface area contributed by atoms with Gasteiger partial charge in [0.05, 0.1) is 22.1 Å². The average Bonchev–Trinajstić information content (AvgIpc) is 4.10. The fourth-order valence-electron chi connectivity index (χ4n) is 10.2. The number of furan rings is 2. The molecule has 0 radical (unpaired) electrons. The van der Waals surface area contributed by atoms with E-state index < -0.39 is 0 Å². The molecule has 0 bridgehead atoms. The summed E-state index contributed by atoms with van der Waals surface area (Å²) in [5.74, 6) is 1.74. The zero-order chi connectivity index (χ0) is 45.4. The lowest BCUT2D eigenvalue weighted by Gasteiger charge is -2.12. The predicted octanol–water partition coefficient (Wildman–Crippen LogP) is 16.8. The van der Waals surface area contributed by atoms with Crippen molar-refractivity contribution in [3.63, 3.8) is 0 Å². The topological polar surface area (TPSA) is 69.9 Å². The van der Waals surface area contributed by atoms with Gasteiger partial charge in [-0.05, 0) is 94.0 Å². The van der Waals surface area contributed by atoms with Crippen LogP contribution in [0.3, 0.4) is 0 Å². The molecule has 0 fully saturated rings. The molecule has 4 aromatic heterocycles. The van der Waals surface area contributed by atoms with Crippen LogP contribution in [-0.2, 0) is 0 Å². The van der Waals surface area contributed by atoms with E-state index in [1.54, 1.807) is 0 Å². The van der Waals surface area contributed by atoms with Crippen molar-refractivity contribution in [1.29, 1.82) is 0 Å². The van der Waals surface area contributed by atoms with E-state index in [1.807, 2.05) is 54.6 Å². The highest BCUT2D eigenvalue weighted by Gasteiger charge is 2.22. The van der Waals surface area contributed by atoms with Gasteiger partial charge in [0.25, 0.3) is 0 Å². The summed E-state index contributed by atoms with van der Waals surface area (Å²) in [6.45, 7) is 0. The van der Waals surface area contributed by atoms with Crippen LogP contribution in [0.25, 0.3) is 139 Å². The van der Waals surface area contributed by atoms with Crippen molar-refractivity contribution in [2.24, 2.45) is 0 Å². The highest BCUT2D eigenvalue weighted by molar-refractivity contribution is 6.16. The summed E-state index contributed by atoms with van der Waals surface area (Å²) in [4.78, 5) is 15.6. The first-order chi connectivity index (χ1) is 34.2. The van der Waals surface area contributed by atoms with Crippen LogP contribution in [0.2, 0.25) is 0 Å². The summed E-state index contributed by atoms with van der Waals surface area (Å²) >= 11 is 0. The molecular weight excluding hydrogens is 845 g/mol. The predicted molar refractivity (Wildman–Crippen MR) is 281 cm³/mol.